The van der Waals surface area contributed by atoms with Crippen molar-refractivity contribution < 1.29 is 9.66 Å². The zero-order chi connectivity index (χ0) is 15.2. The first-order chi connectivity index (χ1) is 10.1. The summed E-state index contributed by atoms with van der Waals surface area (Å²) in [5.41, 5.74) is 1.51. The molecule has 1 N–H and O–H groups in total. The maximum atomic E-state index is 10.8. The summed E-state index contributed by atoms with van der Waals surface area (Å²) in [5, 5.41) is 14.5. The molecule has 0 saturated heterocycles. The summed E-state index contributed by atoms with van der Waals surface area (Å²) in [7, 11) is 0. The van der Waals surface area contributed by atoms with Crippen molar-refractivity contribution >= 4 is 23.0 Å². The summed E-state index contributed by atoms with van der Waals surface area (Å²) in [6, 6.07) is 11.9. The van der Waals surface area contributed by atoms with Gasteiger partial charge < -0.3 is 10.1 Å². The number of non-ortho nitro benzene ring substituents is 1. The smallest absolute Gasteiger partial charge is 0.269 e. The Morgan fingerprint density at radius 1 is 1.29 bits per heavy atom. The first-order valence-corrected chi connectivity index (χ1v) is 6.88. The van der Waals surface area contributed by atoms with Crippen LogP contribution in [0.3, 0.4) is 0 Å². The van der Waals surface area contributed by atoms with Crippen molar-refractivity contribution in [3.05, 3.63) is 63.2 Å². The van der Waals surface area contributed by atoms with Crippen LogP contribution in [0.4, 0.5) is 11.4 Å². The molecule has 0 saturated carbocycles. The largest absolute Gasteiger partial charge is 0.492 e. The normalized spacial score (nSPS) is 10.2. The molecule has 0 atom stereocenters. The van der Waals surface area contributed by atoms with E-state index in [1.54, 1.807) is 0 Å². The van der Waals surface area contributed by atoms with Crippen LogP contribution < -0.4 is 10.1 Å². The van der Waals surface area contributed by atoms with Gasteiger partial charge in [0.05, 0.1) is 17.2 Å². The molecular formula is C15H15ClN2O3. The number of nitrogens with zero attached hydrogens (tertiary/aromatic N) is 1. The first kappa shape index (κ1) is 15.1. The molecule has 0 unspecified atom stereocenters. The van der Waals surface area contributed by atoms with Crippen molar-refractivity contribution in [1.82, 2.24) is 0 Å². The summed E-state index contributed by atoms with van der Waals surface area (Å²) >= 11 is 6.07. The van der Waals surface area contributed by atoms with Crippen LogP contribution in [-0.2, 0) is 6.54 Å². The molecule has 0 spiro atoms. The Balaban J connectivity index is 2.16. The third-order valence-corrected chi connectivity index (χ3v) is 3.27. The predicted molar refractivity (Wildman–Crippen MR) is 83.0 cm³/mol. The Morgan fingerprint density at radius 3 is 2.76 bits per heavy atom. The van der Waals surface area contributed by atoms with E-state index in [1.807, 2.05) is 31.2 Å². The van der Waals surface area contributed by atoms with Gasteiger partial charge in [-0.25, -0.2) is 0 Å². The molecule has 5 nitrogen and oxygen atoms in total. The molecule has 0 aliphatic rings. The second kappa shape index (κ2) is 6.95. The highest BCUT2D eigenvalue weighted by Crippen LogP contribution is 2.27. The number of anilines is 1. The molecule has 0 aliphatic carbocycles. The number of para-hydroxylation sites is 2. The van der Waals surface area contributed by atoms with Gasteiger partial charge in [0.2, 0.25) is 0 Å². The summed E-state index contributed by atoms with van der Waals surface area (Å²) in [6.07, 6.45) is 0. The molecule has 2 rings (SSSR count). The lowest BCUT2D eigenvalue weighted by Crippen LogP contribution is -2.03. The minimum Gasteiger partial charge on any atom is -0.492 e. The number of ether oxygens (including phenoxy) is 1. The molecule has 0 heterocycles. The highest BCUT2D eigenvalue weighted by atomic mass is 35.5. The van der Waals surface area contributed by atoms with Gasteiger partial charge in [-0.2, -0.15) is 0 Å². The Morgan fingerprint density at radius 2 is 2.05 bits per heavy atom. The summed E-state index contributed by atoms with van der Waals surface area (Å²) in [4.78, 5) is 10.4. The molecule has 110 valence electrons. The third-order valence-electron chi connectivity index (χ3n) is 2.90. The molecule has 2 aromatic rings. The van der Waals surface area contributed by atoms with Gasteiger partial charge in [-0.05, 0) is 30.7 Å². The molecule has 0 radical (unpaired) electrons. The van der Waals surface area contributed by atoms with Crippen LogP contribution in [0, 0.1) is 10.1 Å². The molecular weight excluding hydrogens is 292 g/mol. The number of rotatable bonds is 6. The van der Waals surface area contributed by atoms with Crippen LogP contribution in [0.25, 0.3) is 0 Å². The van der Waals surface area contributed by atoms with E-state index in [0.29, 0.717) is 23.7 Å². The van der Waals surface area contributed by atoms with Gasteiger partial charge >= 0.3 is 0 Å². The number of halogens is 1. The van der Waals surface area contributed by atoms with Gasteiger partial charge in [0.1, 0.15) is 5.75 Å². The number of nitrogens with one attached hydrogen (secondary N) is 1. The molecule has 0 amide bonds. The third kappa shape index (κ3) is 3.86. The molecule has 0 aliphatic heterocycles. The van der Waals surface area contributed by atoms with Crippen LogP contribution >= 0.6 is 11.6 Å². The average Bonchev–Trinajstić information content (AvgIpc) is 2.48. The lowest BCUT2D eigenvalue weighted by molar-refractivity contribution is -0.384. The van der Waals surface area contributed by atoms with Crippen molar-refractivity contribution in [2.24, 2.45) is 0 Å². The van der Waals surface area contributed by atoms with Gasteiger partial charge in [0.25, 0.3) is 5.69 Å². The van der Waals surface area contributed by atoms with E-state index in [2.05, 4.69) is 5.32 Å². The molecule has 6 heteroatoms. The minimum atomic E-state index is -0.437. The zero-order valence-electron chi connectivity index (χ0n) is 11.5. The Hall–Kier alpha value is -2.27. The van der Waals surface area contributed by atoms with Crippen LogP contribution in [-0.4, -0.2) is 11.5 Å². The first-order valence-electron chi connectivity index (χ1n) is 6.50. The fraction of sp³-hybridized carbons (Fsp3) is 0.200. The van der Waals surface area contributed by atoms with E-state index in [0.717, 1.165) is 11.4 Å². The molecule has 0 bridgehead atoms. The second-order valence-electron chi connectivity index (χ2n) is 4.32. The standard InChI is InChI=1S/C15H15ClN2O3/c1-2-21-15-6-4-3-5-14(15)17-10-11-9-12(18(19)20)7-8-13(11)16/h3-9,17H,2,10H2,1H3. The number of nitro groups is 1. The lowest BCUT2D eigenvalue weighted by atomic mass is 10.2. The Labute approximate surface area is 127 Å². The van der Waals surface area contributed by atoms with E-state index in [1.165, 1.54) is 18.2 Å². The molecule has 0 aromatic heterocycles. The summed E-state index contributed by atoms with van der Waals surface area (Å²) in [6.45, 7) is 2.86. The van der Waals surface area contributed by atoms with Crippen LogP contribution in [0.2, 0.25) is 5.02 Å². The van der Waals surface area contributed by atoms with Crippen molar-refractivity contribution in [3.8, 4) is 5.75 Å². The molecule has 21 heavy (non-hydrogen) atoms. The van der Waals surface area contributed by atoms with Crippen LogP contribution in [0.15, 0.2) is 42.5 Å². The quantitative estimate of drug-likeness (QED) is 0.640. The van der Waals surface area contributed by atoms with E-state index in [-0.39, 0.29) is 5.69 Å². The van der Waals surface area contributed by atoms with E-state index in [9.17, 15) is 10.1 Å². The molecule has 0 fully saturated rings. The van der Waals surface area contributed by atoms with Crippen molar-refractivity contribution in [2.45, 2.75) is 13.5 Å². The predicted octanol–water partition coefficient (Wildman–Crippen LogP) is 4.26. The zero-order valence-corrected chi connectivity index (χ0v) is 12.3. The fourth-order valence-corrected chi connectivity index (χ4v) is 2.08. The second-order valence-corrected chi connectivity index (χ2v) is 4.72. The topological polar surface area (TPSA) is 64.4 Å². The van der Waals surface area contributed by atoms with E-state index < -0.39 is 4.92 Å². The van der Waals surface area contributed by atoms with Gasteiger partial charge in [0, 0.05) is 23.7 Å². The maximum absolute atomic E-state index is 10.8. The molecule has 2 aromatic carbocycles. The van der Waals surface area contributed by atoms with Gasteiger partial charge in [-0.15, -0.1) is 0 Å². The van der Waals surface area contributed by atoms with E-state index >= 15 is 0 Å². The number of hydrogen-bond acceptors (Lipinski definition) is 4. The summed E-state index contributed by atoms with van der Waals surface area (Å²) < 4.78 is 5.51. The number of benzene rings is 2. The highest BCUT2D eigenvalue weighted by Gasteiger charge is 2.10. The Kier molecular flexibility index (Phi) is 5.00. The van der Waals surface area contributed by atoms with Crippen molar-refractivity contribution in [3.63, 3.8) is 0 Å². The lowest BCUT2D eigenvalue weighted by Gasteiger charge is -2.12. The van der Waals surface area contributed by atoms with E-state index in [4.69, 9.17) is 16.3 Å². The summed E-state index contributed by atoms with van der Waals surface area (Å²) in [5.74, 6) is 0.738. The van der Waals surface area contributed by atoms with Crippen LogP contribution in [0.1, 0.15) is 12.5 Å². The van der Waals surface area contributed by atoms with Gasteiger partial charge in [0.15, 0.2) is 0 Å². The maximum Gasteiger partial charge on any atom is 0.269 e. The number of nitro benzene ring substituents is 1. The van der Waals surface area contributed by atoms with Gasteiger partial charge in [-0.1, -0.05) is 23.7 Å². The fourth-order valence-electron chi connectivity index (χ4n) is 1.89. The highest BCUT2D eigenvalue weighted by molar-refractivity contribution is 6.31. The van der Waals surface area contributed by atoms with Crippen LogP contribution in [0.5, 0.6) is 5.75 Å². The monoisotopic (exact) mass is 306 g/mol. The van der Waals surface area contributed by atoms with Crippen molar-refractivity contribution in [1.29, 1.82) is 0 Å². The SMILES string of the molecule is CCOc1ccccc1NCc1cc([N+](=O)[O-])ccc1Cl. The van der Waals surface area contributed by atoms with Gasteiger partial charge in [-0.3, -0.25) is 10.1 Å². The Bertz CT molecular complexity index is 647. The van der Waals surface area contributed by atoms with Crippen molar-refractivity contribution in [2.75, 3.05) is 11.9 Å². The number of hydrogen-bond donors (Lipinski definition) is 1. The minimum absolute atomic E-state index is 0.0225. The average molecular weight is 307 g/mol.